The highest BCUT2D eigenvalue weighted by atomic mass is 16.5. The standard InChI is InChI=1S/C16H25NO4/c18-15(17-9-6-13-4-2-1-3-5-13)12-21-16(19)14-7-10-20-11-8-14/h4,14H,1-3,5-12H2,(H,17,18). The molecule has 1 amide bonds. The maximum atomic E-state index is 11.8. The molecule has 5 heteroatoms. The highest BCUT2D eigenvalue weighted by Crippen LogP contribution is 2.19. The summed E-state index contributed by atoms with van der Waals surface area (Å²) in [5.74, 6) is -0.603. The predicted octanol–water partition coefficient (Wildman–Crippen LogP) is 1.96. The molecule has 2 rings (SSSR count). The Labute approximate surface area is 126 Å². The molecule has 0 saturated carbocycles. The van der Waals surface area contributed by atoms with Crippen LogP contribution in [0.15, 0.2) is 11.6 Å². The predicted molar refractivity (Wildman–Crippen MR) is 78.7 cm³/mol. The minimum Gasteiger partial charge on any atom is -0.455 e. The highest BCUT2D eigenvalue weighted by molar-refractivity contribution is 5.81. The molecule has 21 heavy (non-hydrogen) atoms. The molecule has 0 aromatic heterocycles. The van der Waals surface area contributed by atoms with E-state index in [1.165, 1.54) is 18.4 Å². The molecule has 0 radical (unpaired) electrons. The Balaban J connectivity index is 1.56. The number of rotatable bonds is 6. The second-order valence-corrected chi connectivity index (χ2v) is 5.70. The summed E-state index contributed by atoms with van der Waals surface area (Å²) in [6.45, 7) is 1.65. The van der Waals surface area contributed by atoms with E-state index in [-0.39, 0.29) is 24.4 Å². The Kier molecular flexibility index (Phi) is 6.73. The van der Waals surface area contributed by atoms with Crippen molar-refractivity contribution in [2.24, 2.45) is 5.92 Å². The molecule has 0 atom stereocenters. The molecule has 1 heterocycles. The summed E-state index contributed by atoms with van der Waals surface area (Å²) in [6, 6.07) is 0. The van der Waals surface area contributed by atoms with E-state index in [4.69, 9.17) is 9.47 Å². The second kappa shape index (κ2) is 8.82. The van der Waals surface area contributed by atoms with Crippen molar-refractivity contribution in [3.63, 3.8) is 0 Å². The van der Waals surface area contributed by atoms with Crippen LogP contribution in [0.25, 0.3) is 0 Å². The van der Waals surface area contributed by atoms with Crippen LogP contribution in [-0.2, 0) is 19.1 Å². The zero-order valence-corrected chi connectivity index (χ0v) is 12.6. The van der Waals surface area contributed by atoms with Crippen molar-refractivity contribution in [1.29, 1.82) is 0 Å². The number of esters is 1. The number of hydrogen-bond donors (Lipinski definition) is 1. The molecule has 118 valence electrons. The number of allylic oxidation sites excluding steroid dienone is 1. The van der Waals surface area contributed by atoms with E-state index in [2.05, 4.69) is 11.4 Å². The normalized spacial score (nSPS) is 19.7. The van der Waals surface area contributed by atoms with Gasteiger partial charge in [0.15, 0.2) is 6.61 Å². The van der Waals surface area contributed by atoms with Gasteiger partial charge < -0.3 is 14.8 Å². The molecule has 1 N–H and O–H groups in total. The molecule has 0 aromatic carbocycles. The third-order valence-corrected chi connectivity index (χ3v) is 4.05. The fourth-order valence-corrected chi connectivity index (χ4v) is 2.73. The lowest BCUT2D eigenvalue weighted by Crippen LogP contribution is -2.32. The van der Waals surface area contributed by atoms with Crippen molar-refractivity contribution in [3.05, 3.63) is 11.6 Å². The van der Waals surface area contributed by atoms with Crippen molar-refractivity contribution >= 4 is 11.9 Å². The number of hydrogen-bond acceptors (Lipinski definition) is 4. The number of amides is 1. The third-order valence-electron chi connectivity index (χ3n) is 4.05. The summed E-state index contributed by atoms with van der Waals surface area (Å²) in [6.07, 6.45) is 9.39. The van der Waals surface area contributed by atoms with E-state index < -0.39 is 0 Å². The number of nitrogens with one attached hydrogen (secondary N) is 1. The van der Waals surface area contributed by atoms with Crippen LogP contribution in [0.3, 0.4) is 0 Å². The van der Waals surface area contributed by atoms with E-state index in [0.717, 1.165) is 19.3 Å². The van der Waals surface area contributed by atoms with Gasteiger partial charge in [0.1, 0.15) is 0 Å². The van der Waals surface area contributed by atoms with E-state index >= 15 is 0 Å². The molecular formula is C16H25NO4. The first kappa shape index (κ1) is 16.0. The molecule has 1 fully saturated rings. The van der Waals surface area contributed by atoms with Gasteiger partial charge >= 0.3 is 5.97 Å². The van der Waals surface area contributed by atoms with Crippen LogP contribution in [0.5, 0.6) is 0 Å². The molecule has 1 saturated heterocycles. The fraction of sp³-hybridized carbons (Fsp3) is 0.750. The fourth-order valence-electron chi connectivity index (χ4n) is 2.73. The third kappa shape index (κ3) is 5.87. The first-order chi connectivity index (χ1) is 10.3. The van der Waals surface area contributed by atoms with Gasteiger partial charge in [0.2, 0.25) is 0 Å². The summed E-state index contributed by atoms with van der Waals surface area (Å²) in [7, 11) is 0. The van der Waals surface area contributed by atoms with Crippen LogP contribution in [-0.4, -0.2) is 38.2 Å². The molecule has 5 nitrogen and oxygen atoms in total. The molecule has 1 aliphatic heterocycles. The van der Waals surface area contributed by atoms with Gasteiger partial charge in [0.05, 0.1) is 5.92 Å². The van der Waals surface area contributed by atoms with E-state index in [0.29, 0.717) is 32.6 Å². The Morgan fingerprint density at radius 3 is 2.81 bits per heavy atom. The number of carbonyl (C=O) groups excluding carboxylic acids is 2. The molecule has 1 aliphatic carbocycles. The van der Waals surface area contributed by atoms with Gasteiger partial charge in [0, 0.05) is 19.8 Å². The molecule has 2 aliphatic rings. The van der Waals surface area contributed by atoms with Crippen LogP contribution in [0.1, 0.15) is 44.9 Å². The molecule has 0 unspecified atom stereocenters. The molecule has 0 bridgehead atoms. The first-order valence-corrected chi connectivity index (χ1v) is 7.94. The minimum absolute atomic E-state index is 0.112. The smallest absolute Gasteiger partial charge is 0.309 e. The maximum Gasteiger partial charge on any atom is 0.309 e. The van der Waals surface area contributed by atoms with Crippen molar-refractivity contribution in [2.45, 2.75) is 44.9 Å². The van der Waals surface area contributed by atoms with Gasteiger partial charge in [-0.15, -0.1) is 0 Å². The molecular weight excluding hydrogens is 270 g/mol. The van der Waals surface area contributed by atoms with Gasteiger partial charge in [-0.1, -0.05) is 11.6 Å². The van der Waals surface area contributed by atoms with Crippen LogP contribution in [0.4, 0.5) is 0 Å². The highest BCUT2D eigenvalue weighted by Gasteiger charge is 2.23. The lowest BCUT2D eigenvalue weighted by atomic mass is 9.97. The Morgan fingerprint density at radius 2 is 2.10 bits per heavy atom. The SMILES string of the molecule is O=C(COC(=O)C1CCOCC1)NCCC1=CCCCC1. The van der Waals surface area contributed by atoms with Crippen LogP contribution < -0.4 is 5.32 Å². The number of ether oxygens (including phenoxy) is 2. The average Bonchev–Trinajstić information content (AvgIpc) is 2.54. The van der Waals surface area contributed by atoms with Crippen LogP contribution in [0, 0.1) is 5.92 Å². The lowest BCUT2D eigenvalue weighted by molar-refractivity contribution is -0.155. The molecule has 0 aromatic rings. The van der Waals surface area contributed by atoms with E-state index in [1.807, 2.05) is 0 Å². The van der Waals surface area contributed by atoms with E-state index in [9.17, 15) is 9.59 Å². The summed E-state index contributed by atoms with van der Waals surface area (Å²) >= 11 is 0. The summed E-state index contributed by atoms with van der Waals surface area (Å²) in [5, 5.41) is 2.81. The summed E-state index contributed by atoms with van der Waals surface area (Å²) in [5.41, 5.74) is 1.43. The Bertz CT molecular complexity index is 386. The Morgan fingerprint density at radius 1 is 1.29 bits per heavy atom. The quantitative estimate of drug-likeness (QED) is 0.601. The second-order valence-electron chi connectivity index (χ2n) is 5.70. The van der Waals surface area contributed by atoms with Crippen molar-refractivity contribution in [3.8, 4) is 0 Å². The van der Waals surface area contributed by atoms with Gasteiger partial charge in [0.25, 0.3) is 5.91 Å². The average molecular weight is 295 g/mol. The maximum absolute atomic E-state index is 11.8. The summed E-state index contributed by atoms with van der Waals surface area (Å²) in [4.78, 5) is 23.4. The Hall–Kier alpha value is -1.36. The van der Waals surface area contributed by atoms with Crippen molar-refractivity contribution in [1.82, 2.24) is 5.32 Å². The van der Waals surface area contributed by atoms with Gasteiger partial charge in [-0.25, -0.2) is 0 Å². The van der Waals surface area contributed by atoms with E-state index in [1.54, 1.807) is 0 Å². The minimum atomic E-state index is -0.275. The number of carbonyl (C=O) groups is 2. The van der Waals surface area contributed by atoms with Gasteiger partial charge in [-0.05, 0) is 44.9 Å². The topological polar surface area (TPSA) is 64.6 Å². The first-order valence-electron chi connectivity index (χ1n) is 7.94. The van der Waals surface area contributed by atoms with Crippen LogP contribution in [0.2, 0.25) is 0 Å². The molecule has 0 spiro atoms. The van der Waals surface area contributed by atoms with Gasteiger partial charge in [-0.2, -0.15) is 0 Å². The zero-order valence-electron chi connectivity index (χ0n) is 12.6. The van der Waals surface area contributed by atoms with Gasteiger partial charge in [-0.3, -0.25) is 9.59 Å². The van der Waals surface area contributed by atoms with Crippen molar-refractivity contribution in [2.75, 3.05) is 26.4 Å². The van der Waals surface area contributed by atoms with Crippen molar-refractivity contribution < 1.29 is 19.1 Å². The largest absolute Gasteiger partial charge is 0.455 e. The van der Waals surface area contributed by atoms with Crippen LogP contribution >= 0.6 is 0 Å². The monoisotopic (exact) mass is 295 g/mol. The lowest BCUT2D eigenvalue weighted by Gasteiger charge is -2.20. The summed E-state index contributed by atoms with van der Waals surface area (Å²) < 4.78 is 10.3. The zero-order chi connectivity index (χ0) is 14.9.